The summed E-state index contributed by atoms with van der Waals surface area (Å²) in [5.41, 5.74) is 1.03. The smallest absolute Gasteiger partial charge is 0.140 e. The minimum atomic E-state index is 0.227. The SMILES string of the molecule is C=CC(=C)[C@H](c1nncn1C)C(C)CCC. The molecule has 1 unspecified atom stereocenters. The van der Waals surface area contributed by atoms with Gasteiger partial charge >= 0.3 is 0 Å². The van der Waals surface area contributed by atoms with E-state index in [1.807, 2.05) is 17.7 Å². The molecule has 1 aromatic rings. The first-order valence-corrected chi connectivity index (χ1v) is 5.76. The maximum Gasteiger partial charge on any atom is 0.140 e. The van der Waals surface area contributed by atoms with Crippen molar-refractivity contribution in [1.29, 1.82) is 0 Å². The Morgan fingerprint density at radius 3 is 2.75 bits per heavy atom. The highest BCUT2D eigenvalue weighted by Gasteiger charge is 2.24. The van der Waals surface area contributed by atoms with Crippen molar-refractivity contribution in [3.8, 4) is 0 Å². The average molecular weight is 219 g/mol. The first kappa shape index (κ1) is 12.7. The Hall–Kier alpha value is -1.38. The van der Waals surface area contributed by atoms with Gasteiger partial charge in [-0.3, -0.25) is 0 Å². The molecule has 0 amide bonds. The van der Waals surface area contributed by atoms with Gasteiger partial charge in [0.2, 0.25) is 0 Å². The van der Waals surface area contributed by atoms with E-state index in [1.54, 1.807) is 6.33 Å². The van der Waals surface area contributed by atoms with Gasteiger partial charge in [-0.25, -0.2) is 0 Å². The molecule has 0 aliphatic rings. The number of allylic oxidation sites excluding steroid dienone is 2. The number of aromatic nitrogens is 3. The Morgan fingerprint density at radius 1 is 1.62 bits per heavy atom. The lowest BCUT2D eigenvalue weighted by Crippen LogP contribution is -2.15. The fourth-order valence-corrected chi connectivity index (χ4v) is 2.11. The van der Waals surface area contributed by atoms with E-state index in [4.69, 9.17) is 0 Å². The van der Waals surface area contributed by atoms with Crippen LogP contribution in [0.15, 0.2) is 31.1 Å². The van der Waals surface area contributed by atoms with Crippen LogP contribution in [0, 0.1) is 5.92 Å². The number of hydrogen-bond acceptors (Lipinski definition) is 2. The Labute approximate surface area is 97.9 Å². The molecule has 0 fully saturated rings. The van der Waals surface area contributed by atoms with E-state index in [0.717, 1.165) is 17.8 Å². The quantitative estimate of drug-likeness (QED) is 0.688. The molecule has 0 aliphatic heterocycles. The van der Waals surface area contributed by atoms with E-state index in [1.165, 1.54) is 6.42 Å². The Balaban J connectivity index is 3.01. The summed E-state index contributed by atoms with van der Waals surface area (Å²) in [6.45, 7) is 12.3. The minimum absolute atomic E-state index is 0.227. The van der Waals surface area contributed by atoms with Crippen molar-refractivity contribution in [2.24, 2.45) is 13.0 Å². The maximum atomic E-state index is 4.19. The van der Waals surface area contributed by atoms with Crippen LogP contribution < -0.4 is 0 Å². The summed E-state index contributed by atoms with van der Waals surface area (Å²) in [5, 5.41) is 8.13. The topological polar surface area (TPSA) is 30.7 Å². The van der Waals surface area contributed by atoms with E-state index in [2.05, 4.69) is 37.2 Å². The number of nitrogens with zero attached hydrogens (tertiary/aromatic N) is 3. The van der Waals surface area contributed by atoms with Gasteiger partial charge in [-0.05, 0) is 17.9 Å². The molecule has 1 heterocycles. The molecule has 0 spiro atoms. The van der Waals surface area contributed by atoms with Crippen molar-refractivity contribution >= 4 is 0 Å². The van der Waals surface area contributed by atoms with Crippen LogP contribution in [0.1, 0.15) is 38.4 Å². The summed E-state index contributed by atoms with van der Waals surface area (Å²) in [5.74, 6) is 1.72. The molecule has 0 bridgehead atoms. The third kappa shape index (κ3) is 2.60. The molecule has 0 aromatic carbocycles. The Kier molecular flexibility index (Phi) is 4.47. The van der Waals surface area contributed by atoms with E-state index in [-0.39, 0.29) is 5.92 Å². The third-order valence-corrected chi connectivity index (χ3v) is 3.00. The first-order valence-electron chi connectivity index (χ1n) is 5.76. The van der Waals surface area contributed by atoms with Gasteiger partial charge in [0, 0.05) is 13.0 Å². The zero-order chi connectivity index (χ0) is 12.1. The van der Waals surface area contributed by atoms with Crippen LogP contribution in [0.2, 0.25) is 0 Å². The fraction of sp³-hybridized carbons (Fsp3) is 0.538. The summed E-state index contributed by atoms with van der Waals surface area (Å²) >= 11 is 0. The minimum Gasteiger partial charge on any atom is -0.320 e. The molecular weight excluding hydrogens is 198 g/mol. The van der Waals surface area contributed by atoms with Gasteiger partial charge < -0.3 is 4.57 Å². The normalized spacial score (nSPS) is 14.4. The molecule has 0 aliphatic carbocycles. The van der Waals surface area contributed by atoms with Crippen LogP contribution in [0.25, 0.3) is 0 Å². The van der Waals surface area contributed by atoms with Crippen LogP contribution in [-0.2, 0) is 7.05 Å². The summed E-state index contributed by atoms with van der Waals surface area (Å²) in [6.07, 6.45) is 5.88. The second-order valence-corrected chi connectivity index (χ2v) is 4.32. The lowest BCUT2D eigenvalue weighted by molar-refractivity contribution is 0.445. The maximum absolute atomic E-state index is 4.19. The van der Waals surface area contributed by atoms with Gasteiger partial charge in [0.1, 0.15) is 12.2 Å². The predicted molar refractivity (Wildman–Crippen MR) is 67.2 cm³/mol. The molecule has 0 saturated heterocycles. The molecular formula is C13H21N3. The fourth-order valence-electron chi connectivity index (χ4n) is 2.11. The van der Waals surface area contributed by atoms with E-state index < -0.39 is 0 Å². The van der Waals surface area contributed by atoms with Gasteiger partial charge in [0.25, 0.3) is 0 Å². The van der Waals surface area contributed by atoms with E-state index in [0.29, 0.717) is 5.92 Å². The van der Waals surface area contributed by atoms with Crippen molar-refractivity contribution in [2.75, 3.05) is 0 Å². The highest BCUT2D eigenvalue weighted by molar-refractivity contribution is 5.25. The number of aryl methyl sites for hydroxylation is 1. The van der Waals surface area contributed by atoms with Gasteiger partial charge in [0.05, 0.1) is 0 Å². The van der Waals surface area contributed by atoms with Gasteiger partial charge in [-0.2, -0.15) is 0 Å². The van der Waals surface area contributed by atoms with Crippen molar-refractivity contribution in [3.63, 3.8) is 0 Å². The second kappa shape index (κ2) is 5.64. The largest absolute Gasteiger partial charge is 0.320 e. The van der Waals surface area contributed by atoms with Gasteiger partial charge in [-0.1, -0.05) is 39.5 Å². The lowest BCUT2D eigenvalue weighted by atomic mass is 9.84. The zero-order valence-corrected chi connectivity index (χ0v) is 10.5. The van der Waals surface area contributed by atoms with Crippen molar-refractivity contribution in [1.82, 2.24) is 14.8 Å². The molecule has 3 nitrogen and oxygen atoms in total. The molecule has 1 rings (SSSR count). The molecule has 88 valence electrons. The average Bonchev–Trinajstić information content (AvgIpc) is 2.65. The Bertz CT molecular complexity index is 365. The van der Waals surface area contributed by atoms with Gasteiger partial charge in [-0.15, -0.1) is 10.2 Å². The van der Waals surface area contributed by atoms with Crippen LogP contribution in [0.5, 0.6) is 0 Å². The summed E-state index contributed by atoms with van der Waals surface area (Å²) in [4.78, 5) is 0. The number of hydrogen-bond donors (Lipinski definition) is 0. The summed E-state index contributed by atoms with van der Waals surface area (Å²) in [7, 11) is 1.97. The predicted octanol–water partition coefficient (Wildman–Crippen LogP) is 3.08. The Morgan fingerprint density at radius 2 is 2.31 bits per heavy atom. The van der Waals surface area contributed by atoms with Crippen LogP contribution in [0.4, 0.5) is 0 Å². The standard InChI is InChI=1S/C13H21N3/c1-6-8-11(4)12(10(3)7-2)13-15-14-9-16(13)5/h7,9,11-12H,2-3,6,8H2,1,4-5H3/t11?,12-/m0/s1. The highest BCUT2D eigenvalue weighted by atomic mass is 15.2. The zero-order valence-electron chi connectivity index (χ0n) is 10.5. The summed E-state index contributed by atoms with van der Waals surface area (Å²) < 4.78 is 1.96. The van der Waals surface area contributed by atoms with Crippen molar-refractivity contribution in [2.45, 2.75) is 32.6 Å². The first-order chi connectivity index (χ1) is 7.61. The molecule has 0 saturated carbocycles. The molecule has 3 heteroatoms. The third-order valence-electron chi connectivity index (χ3n) is 3.00. The lowest BCUT2D eigenvalue weighted by Gasteiger charge is -2.23. The summed E-state index contributed by atoms with van der Waals surface area (Å²) in [6, 6.07) is 0. The highest BCUT2D eigenvalue weighted by Crippen LogP contribution is 2.32. The van der Waals surface area contributed by atoms with Crippen LogP contribution in [-0.4, -0.2) is 14.8 Å². The second-order valence-electron chi connectivity index (χ2n) is 4.32. The van der Waals surface area contributed by atoms with Crippen molar-refractivity contribution in [3.05, 3.63) is 37.0 Å². The molecule has 0 radical (unpaired) electrons. The van der Waals surface area contributed by atoms with Crippen LogP contribution in [0.3, 0.4) is 0 Å². The van der Waals surface area contributed by atoms with E-state index in [9.17, 15) is 0 Å². The molecule has 0 N–H and O–H groups in total. The van der Waals surface area contributed by atoms with Gasteiger partial charge in [0.15, 0.2) is 0 Å². The molecule has 1 aromatic heterocycles. The number of rotatable bonds is 6. The monoisotopic (exact) mass is 219 g/mol. The molecule has 2 atom stereocenters. The molecule has 16 heavy (non-hydrogen) atoms. The van der Waals surface area contributed by atoms with Crippen molar-refractivity contribution < 1.29 is 0 Å². The van der Waals surface area contributed by atoms with E-state index >= 15 is 0 Å². The van der Waals surface area contributed by atoms with Crippen LogP contribution >= 0.6 is 0 Å².